The lowest BCUT2D eigenvalue weighted by Crippen LogP contribution is -2.63. The molecule has 1 aromatic heterocycles. The number of aliphatic hydroxyl groups excluding tert-OH is 1. The van der Waals surface area contributed by atoms with Gasteiger partial charge in [-0.15, -0.1) is 11.8 Å². The highest BCUT2D eigenvalue weighted by Gasteiger charge is 2.60. The lowest BCUT2D eigenvalue weighted by atomic mass is 9.79. The summed E-state index contributed by atoms with van der Waals surface area (Å²) in [6.45, 7) is 3.67. The van der Waals surface area contributed by atoms with E-state index in [0.717, 1.165) is 24.8 Å². The van der Waals surface area contributed by atoms with Gasteiger partial charge in [0.1, 0.15) is 12.3 Å². The number of hydrogen-bond donors (Lipinski definition) is 6. The Morgan fingerprint density at radius 2 is 1.96 bits per heavy atom. The van der Waals surface area contributed by atoms with Gasteiger partial charge >= 0.3 is 5.97 Å². The second-order valence-electron chi connectivity index (χ2n) is 13.2. The summed E-state index contributed by atoms with van der Waals surface area (Å²) in [4.78, 5) is 68.6. The first-order chi connectivity index (χ1) is 25.3. The number of thioether (sulfide) groups is 1. The Balaban J connectivity index is 1.03. The number of carbonyl (C=O) groups excluding carboxylic acids is 4. The number of fused-ring (bicyclic) bond motifs is 1. The van der Waals surface area contributed by atoms with E-state index in [1.807, 2.05) is 23.8 Å². The van der Waals surface area contributed by atoms with Gasteiger partial charge in [0.15, 0.2) is 0 Å². The molecule has 2 fully saturated rings. The van der Waals surface area contributed by atoms with Crippen molar-refractivity contribution in [1.82, 2.24) is 25.2 Å². The number of aliphatic hydroxyl groups is 1. The molecule has 3 aliphatic rings. The summed E-state index contributed by atoms with van der Waals surface area (Å²) in [6.07, 6.45) is 5.42. The van der Waals surface area contributed by atoms with Crippen LogP contribution in [0.3, 0.4) is 0 Å². The third kappa shape index (κ3) is 10.00. The Hall–Kier alpha value is -4.36. The molecule has 0 spiro atoms. The number of carbonyl (C=O) groups is 5. The number of benzene rings is 1. The van der Waals surface area contributed by atoms with Gasteiger partial charge in [-0.1, -0.05) is 19.1 Å². The summed E-state index contributed by atoms with van der Waals surface area (Å²) in [5, 5.41) is 28.1. The van der Waals surface area contributed by atoms with Crippen LogP contribution in [0.25, 0.3) is 0 Å². The van der Waals surface area contributed by atoms with Gasteiger partial charge in [-0.05, 0) is 62.4 Å². The molecule has 4 amide bonds. The number of unbranched alkanes of at least 4 members (excludes halogenated alkanes) is 1. The topological polar surface area (TPSA) is 233 Å². The number of aryl methyl sites for hydroxylation is 1. The van der Waals surface area contributed by atoms with E-state index in [2.05, 4.69) is 20.9 Å². The van der Waals surface area contributed by atoms with E-state index in [-0.39, 0.29) is 41.3 Å². The molecule has 6 N–H and O–H groups in total. The number of hydrogen-bond acceptors (Lipinski definition) is 12. The largest absolute Gasteiger partial charge is 0.477 e. The van der Waals surface area contributed by atoms with Crippen LogP contribution in [-0.2, 0) is 40.4 Å². The SMILES string of the molecule is C[C@H]1C(S[C@@H]2CN[C@H](C(=O)Nc3cccc(C(=O)NS(=O)(=O)CCNC(=O)COCCCCc4cccnc4)c3)C2)=C(C(=O)O)N2C(=O)[C@H]([C@@H](C)O)C12. The summed E-state index contributed by atoms with van der Waals surface area (Å²) in [5.41, 5.74) is 1.29. The number of amides is 4. The number of nitrogens with zero attached hydrogens (tertiary/aromatic N) is 2. The number of rotatable bonds is 18. The molecule has 53 heavy (non-hydrogen) atoms. The van der Waals surface area contributed by atoms with Crippen LogP contribution in [0.5, 0.6) is 0 Å². The van der Waals surface area contributed by atoms with E-state index in [1.54, 1.807) is 18.5 Å². The molecule has 18 heteroatoms. The lowest BCUT2D eigenvalue weighted by molar-refractivity contribution is -0.163. The fourth-order valence-corrected chi connectivity index (χ4v) is 9.04. The molecule has 1 aromatic carbocycles. The molecule has 4 heterocycles. The number of aromatic nitrogens is 1. The maximum atomic E-state index is 13.1. The monoisotopic (exact) mass is 772 g/mol. The van der Waals surface area contributed by atoms with Crippen molar-refractivity contribution >= 4 is 57.1 Å². The van der Waals surface area contributed by atoms with E-state index >= 15 is 0 Å². The van der Waals surface area contributed by atoms with Gasteiger partial charge in [0.25, 0.3) is 5.91 Å². The standard InChI is InChI=1S/C35H44N6O10S2/c1-20-29-28(21(2)42)34(46)41(29)30(35(47)48)31(20)52-25-16-26(38-18-25)33(45)39-24-10-5-9-23(15-24)32(44)40-53(49,50)14-12-37-27(43)19-51-13-4-3-7-22-8-6-11-36-17-22/h5-6,8-11,15,17,20-21,25-26,28-29,38,42H,3-4,7,12-14,16,18-19H2,1-2H3,(H,37,43)(H,39,45)(H,40,44)(H,47,48)/t20-,21-,25+,26+,28-,29?/m1/s1. The number of ether oxygens (including phenoxy) is 1. The Labute approximate surface area is 311 Å². The molecule has 3 aliphatic heterocycles. The highest BCUT2D eigenvalue weighted by atomic mass is 32.2. The number of aliphatic carboxylic acids is 1. The van der Waals surface area contributed by atoms with Crippen molar-refractivity contribution < 1.29 is 47.3 Å². The van der Waals surface area contributed by atoms with Gasteiger partial charge in [-0.25, -0.2) is 17.9 Å². The van der Waals surface area contributed by atoms with Crippen LogP contribution < -0.4 is 20.7 Å². The van der Waals surface area contributed by atoms with Gasteiger partial charge in [-0.2, -0.15) is 0 Å². The molecular weight excluding hydrogens is 729 g/mol. The number of β-lactam (4-membered cyclic amide) rings is 1. The molecule has 1 unspecified atom stereocenters. The molecule has 16 nitrogen and oxygen atoms in total. The third-order valence-electron chi connectivity index (χ3n) is 9.31. The molecule has 5 rings (SSSR count). The number of anilines is 1. The zero-order chi connectivity index (χ0) is 38.3. The Morgan fingerprint density at radius 1 is 1.17 bits per heavy atom. The van der Waals surface area contributed by atoms with Crippen molar-refractivity contribution in [1.29, 1.82) is 0 Å². The summed E-state index contributed by atoms with van der Waals surface area (Å²) in [6, 6.07) is 8.55. The highest BCUT2D eigenvalue weighted by Crippen LogP contribution is 2.51. The minimum absolute atomic E-state index is 0.0156. The fourth-order valence-electron chi connectivity index (χ4n) is 6.69. The average Bonchev–Trinajstić information content (AvgIpc) is 3.67. The summed E-state index contributed by atoms with van der Waals surface area (Å²) in [5.74, 6) is -4.93. The molecule has 2 saturated heterocycles. The molecule has 6 atom stereocenters. The third-order valence-corrected chi connectivity index (χ3v) is 12.1. The smallest absolute Gasteiger partial charge is 0.353 e. The predicted molar refractivity (Wildman–Crippen MR) is 195 cm³/mol. The van der Waals surface area contributed by atoms with Crippen molar-refractivity contribution in [3.05, 3.63) is 70.5 Å². The number of nitrogens with one attached hydrogen (secondary N) is 4. The first kappa shape index (κ1) is 39.8. The molecular formula is C35H44N6O10S2. The normalized spacial score (nSPS) is 22.9. The molecule has 0 bridgehead atoms. The van der Waals surface area contributed by atoms with E-state index < -0.39 is 69.5 Å². The maximum absolute atomic E-state index is 13.1. The van der Waals surface area contributed by atoms with Crippen molar-refractivity contribution in [3.8, 4) is 0 Å². The van der Waals surface area contributed by atoms with Crippen molar-refractivity contribution in [3.63, 3.8) is 0 Å². The van der Waals surface area contributed by atoms with Crippen molar-refractivity contribution in [2.75, 3.05) is 37.4 Å². The molecule has 0 aliphatic carbocycles. The molecule has 286 valence electrons. The number of sulfonamides is 1. The predicted octanol–water partition coefficient (Wildman–Crippen LogP) is 0.853. The number of carboxylic acids is 1. The van der Waals surface area contributed by atoms with Crippen LogP contribution >= 0.6 is 11.8 Å². The zero-order valence-corrected chi connectivity index (χ0v) is 31.0. The van der Waals surface area contributed by atoms with Crippen LogP contribution in [0, 0.1) is 11.8 Å². The minimum atomic E-state index is -4.11. The van der Waals surface area contributed by atoms with Crippen LogP contribution in [0.1, 0.15) is 49.0 Å². The maximum Gasteiger partial charge on any atom is 0.353 e. The second kappa shape index (κ2) is 17.6. The molecule has 0 radical (unpaired) electrons. The summed E-state index contributed by atoms with van der Waals surface area (Å²) < 4.78 is 32.4. The Kier molecular flexibility index (Phi) is 13.3. The van der Waals surface area contributed by atoms with Gasteiger partial charge < -0.3 is 35.8 Å². The highest BCUT2D eigenvalue weighted by molar-refractivity contribution is 8.03. The van der Waals surface area contributed by atoms with Crippen LogP contribution in [0.15, 0.2) is 59.4 Å². The van der Waals surface area contributed by atoms with Gasteiger partial charge in [0.2, 0.25) is 27.7 Å². The van der Waals surface area contributed by atoms with E-state index in [1.165, 1.54) is 41.8 Å². The minimum Gasteiger partial charge on any atom is -0.477 e. The number of pyridine rings is 1. The summed E-state index contributed by atoms with van der Waals surface area (Å²) >= 11 is 1.31. The fraction of sp³-hybridized carbons (Fsp3) is 0.486. The van der Waals surface area contributed by atoms with Gasteiger partial charge in [-0.3, -0.25) is 24.2 Å². The van der Waals surface area contributed by atoms with E-state index in [4.69, 9.17) is 4.74 Å². The number of carboxylic acid groups (broad SMARTS) is 1. The van der Waals surface area contributed by atoms with Gasteiger partial charge in [0, 0.05) is 59.4 Å². The van der Waals surface area contributed by atoms with Crippen molar-refractivity contribution in [2.24, 2.45) is 11.8 Å². The first-order valence-corrected chi connectivity index (χ1v) is 19.9. The zero-order valence-electron chi connectivity index (χ0n) is 29.3. The first-order valence-electron chi connectivity index (χ1n) is 17.3. The molecule has 0 saturated carbocycles. The lowest BCUT2D eigenvalue weighted by Gasteiger charge is -2.46. The van der Waals surface area contributed by atoms with E-state index in [0.29, 0.717) is 24.5 Å². The quantitative estimate of drug-likeness (QED) is 0.0913. The van der Waals surface area contributed by atoms with Crippen LogP contribution in [-0.4, -0.2) is 114 Å². The average molecular weight is 773 g/mol. The van der Waals surface area contributed by atoms with Crippen LogP contribution in [0.4, 0.5) is 5.69 Å². The molecule has 2 aromatic rings. The van der Waals surface area contributed by atoms with Crippen molar-refractivity contribution in [2.45, 2.75) is 63.0 Å². The second-order valence-corrected chi connectivity index (χ2v) is 16.4. The van der Waals surface area contributed by atoms with Gasteiger partial charge in [0.05, 0.1) is 29.9 Å². The Morgan fingerprint density at radius 3 is 2.68 bits per heavy atom. The Bertz CT molecular complexity index is 1840. The van der Waals surface area contributed by atoms with Crippen LogP contribution in [0.2, 0.25) is 0 Å². The summed E-state index contributed by atoms with van der Waals surface area (Å²) in [7, 11) is -4.11. The van der Waals surface area contributed by atoms with E-state index in [9.17, 15) is 42.6 Å².